The Morgan fingerprint density at radius 1 is 1.11 bits per heavy atom. The summed E-state index contributed by atoms with van der Waals surface area (Å²) < 4.78 is 34.3. The molecular weight excluding hydrogens is 370 g/mol. The van der Waals surface area contributed by atoms with Gasteiger partial charge in [-0.05, 0) is 46.7 Å². The van der Waals surface area contributed by atoms with E-state index in [1.54, 1.807) is 12.1 Å². The molecule has 144 valence electrons. The van der Waals surface area contributed by atoms with Gasteiger partial charge in [0.1, 0.15) is 5.75 Å². The lowest BCUT2D eigenvalue weighted by atomic mass is 10.1. The number of carbonyl (C=O) groups excluding carboxylic acids is 1. The molecule has 0 aliphatic heterocycles. The Bertz CT molecular complexity index is 1040. The van der Waals surface area contributed by atoms with Crippen molar-refractivity contribution in [1.82, 2.24) is 5.43 Å². The Kier molecular flexibility index (Phi) is 5.69. The Labute approximate surface area is 159 Å². The third-order valence-corrected chi connectivity index (χ3v) is 3.89. The summed E-state index contributed by atoms with van der Waals surface area (Å²) in [4.78, 5) is 12.3. The van der Waals surface area contributed by atoms with E-state index in [1.807, 2.05) is 24.3 Å². The summed E-state index contributed by atoms with van der Waals surface area (Å²) in [7, 11) is 1.33. The number of phenolic OH excluding ortho intramolecular Hbond substituents is 1. The molecule has 0 fully saturated rings. The number of carbonyl (C=O) groups is 1. The molecule has 0 aromatic heterocycles. The Morgan fingerprint density at radius 3 is 2.50 bits per heavy atom. The van der Waals surface area contributed by atoms with E-state index < -0.39 is 12.5 Å². The van der Waals surface area contributed by atoms with Crippen LogP contribution in [0.25, 0.3) is 10.8 Å². The summed E-state index contributed by atoms with van der Waals surface area (Å²) in [5, 5.41) is 15.4. The maximum absolute atomic E-state index is 12.5. The SMILES string of the molecule is COc1ccc(/C=N\NC(=O)c2cc3ccccc3cc2O)cc1OC(F)F. The third-order valence-electron chi connectivity index (χ3n) is 3.89. The second kappa shape index (κ2) is 8.34. The first-order valence-electron chi connectivity index (χ1n) is 8.16. The van der Waals surface area contributed by atoms with Gasteiger partial charge in [0, 0.05) is 0 Å². The van der Waals surface area contributed by atoms with Crippen molar-refractivity contribution in [2.75, 3.05) is 7.11 Å². The van der Waals surface area contributed by atoms with Crippen LogP contribution in [0.4, 0.5) is 8.78 Å². The Morgan fingerprint density at radius 2 is 1.82 bits per heavy atom. The third kappa shape index (κ3) is 4.35. The van der Waals surface area contributed by atoms with E-state index in [0.717, 1.165) is 10.8 Å². The first kappa shape index (κ1) is 19.1. The van der Waals surface area contributed by atoms with Gasteiger partial charge in [0.25, 0.3) is 5.91 Å². The molecule has 0 unspecified atom stereocenters. The highest BCUT2D eigenvalue weighted by molar-refractivity contribution is 6.01. The first-order chi connectivity index (χ1) is 13.5. The van der Waals surface area contributed by atoms with Crippen molar-refractivity contribution in [2.24, 2.45) is 5.10 Å². The van der Waals surface area contributed by atoms with Gasteiger partial charge in [-0.1, -0.05) is 24.3 Å². The maximum Gasteiger partial charge on any atom is 0.387 e. The Balaban J connectivity index is 1.75. The summed E-state index contributed by atoms with van der Waals surface area (Å²) in [5.74, 6) is -0.803. The summed E-state index contributed by atoms with van der Waals surface area (Å²) in [6.45, 7) is -3.00. The van der Waals surface area contributed by atoms with Gasteiger partial charge < -0.3 is 14.6 Å². The number of benzene rings is 3. The summed E-state index contributed by atoms with van der Waals surface area (Å²) in [6.07, 6.45) is 1.26. The van der Waals surface area contributed by atoms with E-state index in [4.69, 9.17) is 4.74 Å². The van der Waals surface area contributed by atoms with Crippen molar-refractivity contribution in [2.45, 2.75) is 6.61 Å². The van der Waals surface area contributed by atoms with Gasteiger partial charge in [-0.25, -0.2) is 5.43 Å². The first-order valence-corrected chi connectivity index (χ1v) is 8.16. The molecule has 28 heavy (non-hydrogen) atoms. The molecule has 6 nitrogen and oxygen atoms in total. The van der Waals surface area contributed by atoms with Crippen LogP contribution < -0.4 is 14.9 Å². The molecule has 0 aliphatic carbocycles. The molecule has 0 radical (unpaired) electrons. The fourth-order valence-electron chi connectivity index (χ4n) is 2.60. The fraction of sp³-hybridized carbons (Fsp3) is 0.100. The number of nitrogens with one attached hydrogen (secondary N) is 1. The minimum atomic E-state index is -3.00. The van der Waals surface area contributed by atoms with Crippen molar-refractivity contribution in [3.05, 3.63) is 65.7 Å². The van der Waals surface area contributed by atoms with Crippen LogP contribution in [-0.2, 0) is 0 Å². The highest BCUT2D eigenvalue weighted by Crippen LogP contribution is 2.29. The molecule has 3 aromatic carbocycles. The zero-order valence-corrected chi connectivity index (χ0v) is 14.7. The van der Waals surface area contributed by atoms with Gasteiger partial charge in [-0.15, -0.1) is 0 Å². The lowest BCUT2D eigenvalue weighted by molar-refractivity contribution is -0.0512. The molecule has 2 N–H and O–H groups in total. The van der Waals surface area contributed by atoms with Crippen molar-refractivity contribution < 1.29 is 28.2 Å². The number of aromatic hydroxyl groups is 1. The molecule has 3 aromatic rings. The van der Waals surface area contributed by atoms with Crippen LogP contribution in [0.5, 0.6) is 17.2 Å². The average Bonchev–Trinajstić information content (AvgIpc) is 2.67. The van der Waals surface area contributed by atoms with E-state index in [1.165, 1.54) is 31.5 Å². The van der Waals surface area contributed by atoms with Crippen molar-refractivity contribution >= 4 is 22.9 Å². The molecule has 0 saturated heterocycles. The summed E-state index contributed by atoms with van der Waals surface area (Å²) in [5.41, 5.74) is 2.76. The standard InChI is InChI=1S/C20H16F2N2O4/c1-27-17-7-6-12(8-18(17)28-20(21)22)11-23-24-19(26)15-9-13-4-2-3-5-14(13)10-16(15)25/h2-11,20,25H,1H3,(H,24,26)/b23-11-. The van der Waals surface area contributed by atoms with Crippen LogP contribution in [0.1, 0.15) is 15.9 Å². The predicted octanol–water partition coefficient (Wildman–Crippen LogP) is 3.92. The number of fused-ring (bicyclic) bond motifs is 1. The molecule has 0 spiro atoms. The van der Waals surface area contributed by atoms with E-state index in [0.29, 0.717) is 5.56 Å². The minimum absolute atomic E-state index is 0.0623. The number of hydrogen-bond acceptors (Lipinski definition) is 5. The van der Waals surface area contributed by atoms with Gasteiger partial charge in [-0.2, -0.15) is 13.9 Å². The highest BCUT2D eigenvalue weighted by Gasteiger charge is 2.13. The zero-order valence-electron chi connectivity index (χ0n) is 14.7. The Hall–Kier alpha value is -3.68. The van der Waals surface area contributed by atoms with Gasteiger partial charge in [-0.3, -0.25) is 4.79 Å². The summed E-state index contributed by atoms with van der Waals surface area (Å²) in [6, 6.07) is 14.6. The minimum Gasteiger partial charge on any atom is -0.507 e. The molecule has 0 heterocycles. The number of phenols is 1. The van der Waals surface area contributed by atoms with E-state index >= 15 is 0 Å². The van der Waals surface area contributed by atoms with Gasteiger partial charge >= 0.3 is 6.61 Å². The average molecular weight is 386 g/mol. The van der Waals surface area contributed by atoms with E-state index in [-0.39, 0.29) is 22.8 Å². The van der Waals surface area contributed by atoms with Gasteiger partial charge in [0.15, 0.2) is 11.5 Å². The van der Waals surface area contributed by atoms with E-state index in [2.05, 4.69) is 15.3 Å². The summed E-state index contributed by atoms with van der Waals surface area (Å²) >= 11 is 0. The number of amides is 1. The molecule has 3 rings (SSSR count). The quantitative estimate of drug-likeness (QED) is 0.497. The van der Waals surface area contributed by atoms with Crippen LogP contribution >= 0.6 is 0 Å². The lowest BCUT2D eigenvalue weighted by Gasteiger charge is -2.10. The highest BCUT2D eigenvalue weighted by atomic mass is 19.3. The van der Waals surface area contributed by atoms with Gasteiger partial charge in [0.05, 0.1) is 18.9 Å². The number of nitrogens with zero attached hydrogens (tertiary/aromatic N) is 1. The number of ether oxygens (including phenoxy) is 2. The van der Waals surface area contributed by atoms with Crippen LogP contribution in [0.3, 0.4) is 0 Å². The molecule has 0 saturated carbocycles. The van der Waals surface area contributed by atoms with E-state index in [9.17, 15) is 18.7 Å². The second-order valence-corrected chi connectivity index (χ2v) is 5.70. The molecule has 0 bridgehead atoms. The molecule has 1 amide bonds. The van der Waals surface area contributed by atoms with Crippen molar-refractivity contribution in [3.63, 3.8) is 0 Å². The smallest absolute Gasteiger partial charge is 0.387 e. The zero-order chi connectivity index (χ0) is 20.1. The second-order valence-electron chi connectivity index (χ2n) is 5.70. The van der Waals surface area contributed by atoms with Crippen LogP contribution in [0.2, 0.25) is 0 Å². The number of methoxy groups -OCH3 is 1. The number of halogens is 2. The normalized spacial score (nSPS) is 11.1. The van der Waals surface area contributed by atoms with Crippen LogP contribution in [-0.4, -0.2) is 30.9 Å². The molecule has 0 atom stereocenters. The number of alkyl halides is 2. The number of hydrazone groups is 1. The monoisotopic (exact) mass is 386 g/mol. The maximum atomic E-state index is 12.5. The van der Waals surface area contributed by atoms with Crippen LogP contribution in [0, 0.1) is 0 Å². The van der Waals surface area contributed by atoms with Crippen molar-refractivity contribution in [3.8, 4) is 17.2 Å². The fourth-order valence-corrected chi connectivity index (χ4v) is 2.60. The van der Waals surface area contributed by atoms with Crippen molar-refractivity contribution in [1.29, 1.82) is 0 Å². The topological polar surface area (TPSA) is 80.2 Å². The number of rotatable bonds is 6. The molecule has 0 aliphatic rings. The molecular formula is C20H16F2N2O4. The largest absolute Gasteiger partial charge is 0.507 e. The predicted molar refractivity (Wildman–Crippen MR) is 100 cm³/mol. The number of hydrogen-bond donors (Lipinski definition) is 2. The van der Waals surface area contributed by atoms with Gasteiger partial charge in [0.2, 0.25) is 0 Å². The lowest BCUT2D eigenvalue weighted by Crippen LogP contribution is -2.17. The molecule has 8 heteroatoms. The van der Waals surface area contributed by atoms with Crippen LogP contribution in [0.15, 0.2) is 59.7 Å².